The molecule has 1 aliphatic rings. The number of hydrogen-bond acceptors (Lipinski definition) is 4. The van der Waals surface area contributed by atoms with Crippen LogP contribution in [0, 0.1) is 11.8 Å². The van der Waals surface area contributed by atoms with Crippen molar-refractivity contribution in [3.63, 3.8) is 0 Å². The van der Waals surface area contributed by atoms with E-state index in [9.17, 15) is 9.59 Å². The van der Waals surface area contributed by atoms with Crippen molar-refractivity contribution in [2.45, 2.75) is 84.5 Å². The van der Waals surface area contributed by atoms with E-state index in [4.69, 9.17) is 9.47 Å². The Labute approximate surface area is 141 Å². The Morgan fingerprint density at radius 1 is 0.783 bits per heavy atom. The van der Waals surface area contributed by atoms with Gasteiger partial charge < -0.3 is 9.47 Å². The second-order valence-electron chi connectivity index (χ2n) is 6.66. The van der Waals surface area contributed by atoms with Gasteiger partial charge in [0.2, 0.25) is 0 Å². The van der Waals surface area contributed by atoms with Crippen LogP contribution in [0.1, 0.15) is 84.5 Å². The molecule has 134 valence electrons. The van der Waals surface area contributed by atoms with E-state index in [1.54, 1.807) is 0 Å². The molecule has 1 rings (SSSR count). The van der Waals surface area contributed by atoms with Crippen LogP contribution in [0.3, 0.4) is 0 Å². The summed E-state index contributed by atoms with van der Waals surface area (Å²) in [6.07, 6.45) is 10.9. The molecular formula is C19H34O4. The minimum atomic E-state index is -0.129. The normalized spacial score (nSPS) is 21.0. The summed E-state index contributed by atoms with van der Waals surface area (Å²) in [6.45, 7) is 5.28. The molecule has 0 heterocycles. The molecule has 0 aromatic heterocycles. The smallest absolute Gasteiger partial charge is 0.308 e. The highest BCUT2D eigenvalue weighted by Gasteiger charge is 2.32. The lowest BCUT2D eigenvalue weighted by Crippen LogP contribution is -2.30. The summed E-state index contributed by atoms with van der Waals surface area (Å²) in [4.78, 5) is 24.2. The third-order valence-electron chi connectivity index (χ3n) is 4.58. The van der Waals surface area contributed by atoms with Gasteiger partial charge in [-0.3, -0.25) is 9.59 Å². The van der Waals surface area contributed by atoms with Gasteiger partial charge in [0.15, 0.2) is 0 Å². The van der Waals surface area contributed by atoms with E-state index in [1.165, 1.54) is 19.3 Å². The van der Waals surface area contributed by atoms with Crippen molar-refractivity contribution in [2.24, 2.45) is 11.8 Å². The maximum absolute atomic E-state index is 12.1. The minimum Gasteiger partial charge on any atom is -0.465 e. The Hall–Kier alpha value is -1.06. The van der Waals surface area contributed by atoms with E-state index in [1.807, 2.05) is 0 Å². The molecule has 23 heavy (non-hydrogen) atoms. The lowest BCUT2D eigenvalue weighted by Gasteiger charge is -2.26. The molecule has 0 bridgehead atoms. The number of esters is 2. The molecule has 0 radical (unpaired) electrons. The average molecular weight is 326 g/mol. The molecule has 1 aliphatic carbocycles. The summed E-state index contributed by atoms with van der Waals surface area (Å²) in [6, 6.07) is 0. The molecule has 0 aromatic rings. The average Bonchev–Trinajstić information content (AvgIpc) is 2.58. The van der Waals surface area contributed by atoms with Gasteiger partial charge in [-0.1, -0.05) is 52.4 Å². The van der Waals surface area contributed by atoms with Crippen LogP contribution in [0.15, 0.2) is 0 Å². The fourth-order valence-corrected chi connectivity index (χ4v) is 3.05. The van der Waals surface area contributed by atoms with Gasteiger partial charge in [-0.25, -0.2) is 0 Å². The van der Waals surface area contributed by atoms with Crippen LogP contribution in [0.5, 0.6) is 0 Å². The fourth-order valence-electron chi connectivity index (χ4n) is 3.05. The Bertz CT molecular complexity index is 340. The number of rotatable bonds is 11. The van der Waals surface area contributed by atoms with Crippen LogP contribution in [-0.4, -0.2) is 25.2 Å². The molecular weight excluding hydrogens is 292 g/mol. The van der Waals surface area contributed by atoms with Crippen molar-refractivity contribution >= 4 is 11.9 Å². The first-order valence-corrected chi connectivity index (χ1v) is 9.52. The van der Waals surface area contributed by atoms with Gasteiger partial charge >= 0.3 is 11.9 Å². The zero-order valence-corrected chi connectivity index (χ0v) is 15.0. The first-order chi connectivity index (χ1) is 11.2. The van der Waals surface area contributed by atoms with Gasteiger partial charge in [0, 0.05) is 0 Å². The lowest BCUT2D eigenvalue weighted by atomic mass is 9.81. The third kappa shape index (κ3) is 8.38. The Kier molecular flexibility index (Phi) is 10.8. The van der Waals surface area contributed by atoms with E-state index < -0.39 is 0 Å². The van der Waals surface area contributed by atoms with Crippen LogP contribution >= 0.6 is 0 Å². The Morgan fingerprint density at radius 2 is 1.30 bits per heavy atom. The van der Waals surface area contributed by atoms with Crippen LogP contribution in [0.4, 0.5) is 0 Å². The molecule has 2 unspecified atom stereocenters. The molecule has 0 aliphatic heterocycles. The molecule has 2 atom stereocenters. The number of carbonyl (C=O) groups is 2. The van der Waals surface area contributed by atoms with Gasteiger partial charge in [-0.2, -0.15) is 0 Å². The Balaban J connectivity index is 2.22. The highest BCUT2D eigenvalue weighted by atomic mass is 16.5. The second kappa shape index (κ2) is 12.4. The molecule has 4 nitrogen and oxygen atoms in total. The zero-order valence-electron chi connectivity index (χ0n) is 15.0. The lowest BCUT2D eigenvalue weighted by molar-refractivity contribution is -0.155. The topological polar surface area (TPSA) is 52.6 Å². The van der Waals surface area contributed by atoms with Gasteiger partial charge in [-0.15, -0.1) is 0 Å². The number of hydrogen-bond donors (Lipinski definition) is 0. The van der Waals surface area contributed by atoms with Crippen LogP contribution in [-0.2, 0) is 19.1 Å². The molecule has 0 saturated heterocycles. The predicted molar refractivity (Wildman–Crippen MR) is 91.0 cm³/mol. The molecule has 4 heteroatoms. The summed E-state index contributed by atoms with van der Waals surface area (Å²) >= 11 is 0. The molecule has 0 spiro atoms. The van der Waals surface area contributed by atoms with Gasteiger partial charge in [0.05, 0.1) is 25.0 Å². The van der Waals surface area contributed by atoms with Crippen molar-refractivity contribution in [3.8, 4) is 0 Å². The zero-order chi connectivity index (χ0) is 16.9. The van der Waals surface area contributed by atoms with Crippen molar-refractivity contribution in [1.82, 2.24) is 0 Å². The van der Waals surface area contributed by atoms with E-state index in [-0.39, 0.29) is 23.8 Å². The van der Waals surface area contributed by atoms with Gasteiger partial charge in [0.25, 0.3) is 0 Å². The number of carbonyl (C=O) groups excluding carboxylic acids is 2. The summed E-state index contributed by atoms with van der Waals surface area (Å²) in [5, 5.41) is 0. The Morgan fingerprint density at radius 3 is 1.87 bits per heavy atom. The summed E-state index contributed by atoms with van der Waals surface area (Å²) in [7, 11) is 0. The maximum Gasteiger partial charge on any atom is 0.308 e. The maximum atomic E-state index is 12.1. The molecule has 0 aromatic carbocycles. The van der Waals surface area contributed by atoms with E-state index in [0.717, 1.165) is 44.9 Å². The van der Waals surface area contributed by atoms with Crippen molar-refractivity contribution < 1.29 is 19.1 Å². The van der Waals surface area contributed by atoms with E-state index in [0.29, 0.717) is 19.6 Å². The minimum absolute atomic E-state index is 0.119. The largest absolute Gasteiger partial charge is 0.465 e. The van der Waals surface area contributed by atoms with Crippen LogP contribution in [0.2, 0.25) is 0 Å². The van der Waals surface area contributed by atoms with E-state index in [2.05, 4.69) is 13.8 Å². The SMILES string of the molecule is CCCCCCCOC(=O)C1CCCC(C(=O)OCCCC)C1. The molecule has 0 amide bonds. The standard InChI is InChI=1S/C19H34O4/c1-3-5-7-8-9-14-23-19(21)17-12-10-11-16(15-17)18(20)22-13-6-4-2/h16-17H,3-15H2,1-2H3. The third-order valence-corrected chi connectivity index (χ3v) is 4.58. The van der Waals surface area contributed by atoms with Crippen molar-refractivity contribution in [3.05, 3.63) is 0 Å². The summed E-state index contributed by atoms with van der Waals surface area (Å²) in [5.74, 6) is -0.493. The monoisotopic (exact) mass is 326 g/mol. The molecule has 0 N–H and O–H groups in total. The van der Waals surface area contributed by atoms with Gasteiger partial charge in [0.1, 0.15) is 0 Å². The first-order valence-electron chi connectivity index (χ1n) is 9.52. The first kappa shape index (κ1) is 20.0. The predicted octanol–water partition coefficient (Wildman–Crippen LogP) is 4.65. The van der Waals surface area contributed by atoms with Crippen LogP contribution < -0.4 is 0 Å². The number of ether oxygens (including phenoxy) is 2. The second-order valence-corrected chi connectivity index (χ2v) is 6.66. The summed E-state index contributed by atoms with van der Waals surface area (Å²) in [5.41, 5.74) is 0. The summed E-state index contributed by atoms with van der Waals surface area (Å²) < 4.78 is 10.7. The fraction of sp³-hybridized carbons (Fsp3) is 0.895. The van der Waals surface area contributed by atoms with Gasteiger partial charge in [-0.05, 0) is 32.1 Å². The number of unbranched alkanes of at least 4 members (excludes halogenated alkanes) is 5. The highest BCUT2D eigenvalue weighted by molar-refractivity contribution is 5.76. The molecule has 1 fully saturated rings. The van der Waals surface area contributed by atoms with Crippen LogP contribution in [0.25, 0.3) is 0 Å². The van der Waals surface area contributed by atoms with E-state index >= 15 is 0 Å². The molecule has 1 saturated carbocycles. The quantitative estimate of drug-likeness (QED) is 0.410. The van der Waals surface area contributed by atoms with Crippen molar-refractivity contribution in [1.29, 1.82) is 0 Å². The highest BCUT2D eigenvalue weighted by Crippen LogP contribution is 2.30. The van der Waals surface area contributed by atoms with Crippen molar-refractivity contribution in [2.75, 3.05) is 13.2 Å².